The topological polar surface area (TPSA) is 82.1 Å². The first kappa shape index (κ1) is 15.6. The normalized spacial score (nSPS) is 20.6. The van der Waals surface area contributed by atoms with E-state index in [0.717, 1.165) is 11.4 Å². The van der Waals surface area contributed by atoms with Crippen LogP contribution >= 0.6 is 0 Å². The molecule has 0 saturated carbocycles. The van der Waals surface area contributed by atoms with Crippen LogP contribution in [0.5, 0.6) is 0 Å². The molecule has 2 N–H and O–H groups in total. The van der Waals surface area contributed by atoms with E-state index in [-0.39, 0.29) is 18.1 Å². The van der Waals surface area contributed by atoms with E-state index < -0.39 is 0 Å². The number of nitrogens with two attached hydrogens (primary N) is 1. The van der Waals surface area contributed by atoms with Crippen molar-refractivity contribution >= 4 is 11.8 Å². The Kier molecular flexibility index (Phi) is 4.07. The van der Waals surface area contributed by atoms with Crippen molar-refractivity contribution < 1.29 is 4.74 Å². The van der Waals surface area contributed by atoms with Gasteiger partial charge in [-0.15, -0.1) is 0 Å². The average Bonchev–Trinajstić information content (AvgIpc) is 3.17. The SMILES string of the molecule is C[C@H]1CO[C@H](c2ccccc2)CN1c1cc(-n2cccn2)nc(N)n1. The highest BCUT2D eigenvalue weighted by atomic mass is 16.5. The fourth-order valence-electron chi connectivity index (χ4n) is 3.05. The zero-order valence-electron chi connectivity index (χ0n) is 14.0. The van der Waals surface area contributed by atoms with Crippen LogP contribution in [-0.2, 0) is 4.74 Å². The highest BCUT2D eigenvalue weighted by Gasteiger charge is 2.28. The van der Waals surface area contributed by atoms with E-state index in [2.05, 4.69) is 39.0 Å². The average molecular weight is 336 g/mol. The Bertz CT molecular complexity index is 836. The smallest absolute Gasteiger partial charge is 0.224 e. The maximum Gasteiger partial charge on any atom is 0.224 e. The summed E-state index contributed by atoms with van der Waals surface area (Å²) < 4.78 is 7.71. The molecule has 0 aliphatic carbocycles. The minimum Gasteiger partial charge on any atom is -0.370 e. The summed E-state index contributed by atoms with van der Waals surface area (Å²) >= 11 is 0. The first-order valence-corrected chi connectivity index (χ1v) is 8.28. The molecule has 128 valence electrons. The van der Waals surface area contributed by atoms with E-state index in [1.807, 2.05) is 36.5 Å². The van der Waals surface area contributed by atoms with Gasteiger partial charge in [-0.05, 0) is 18.6 Å². The summed E-state index contributed by atoms with van der Waals surface area (Å²) in [5.74, 6) is 1.68. The summed E-state index contributed by atoms with van der Waals surface area (Å²) in [6.07, 6.45) is 3.55. The van der Waals surface area contributed by atoms with Crippen molar-refractivity contribution in [2.45, 2.75) is 19.1 Å². The van der Waals surface area contributed by atoms with E-state index in [9.17, 15) is 0 Å². The lowest BCUT2D eigenvalue weighted by molar-refractivity contribution is 0.0212. The molecule has 0 radical (unpaired) electrons. The van der Waals surface area contributed by atoms with Crippen LogP contribution in [0.15, 0.2) is 54.9 Å². The molecular formula is C18H20N6O. The lowest BCUT2D eigenvalue weighted by atomic mass is 10.1. The molecule has 1 fully saturated rings. The number of aromatic nitrogens is 4. The minimum absolute atomic E-state index is 0.00161. The molecular weight excluding hydrogens is 316 g/mol. The molecule has 7 nitrogen and oxygen atoms in total. The lowest BCUT2D eigenvalue weighted by Crippen LogP contribution is -2.45. The van der Waals surface area contributed by atoms with Gasteiger partial charge < -0.3 is 15.4 Å². The molecule has 0 bridgehead atoms. The highest BCUT2D eigenvalue weighted by Crippen LogP contribution is 2.29. The van der Waals surface area contributed by atoms with Crippen LogP contribution in [0.3, 0.4) is 0 Å². The quantitative estimate of drug-likeness (QED) is 0.790. The van der Waals surface area contributed by atoms with Gasteiger partial charge in [-0.2, -0.15) is 15.1 Å². The Balaban J connectivity index is 1.65. The molecule has 4 rings (SSSR count). The Morgan fingerprint density at radius 3 is 2.68 bits per heavy atom. The molecule has 1 aromatic carbocycles. The number of rotatable bonds is 3. The van der Waals surface area contributed by atoms with Gasteiger partial charge in [0.15, 0.2) is 5.82 Å². The van der Waals surface area contributed by atoms with Gasteiger partial charge in [0.1, 0.15) is 11.9 Å². The van der Waals surface area contributed by atoms with Gasteiger partial charge in [-0.3, -0.25) is 0 Å². The van der Waals surface area contributed by atoms with E-state index in [1.165, 1.54) is 0 Å². The summed E-state index contributed by atoms with van der Waals surface area (Å²) in [4.78, 5) is 10.9. The van der Waals surface area contributed by atoms with Crippen LogP contribution < -0.4 is 10.6 Å². The maximum atomic E-state index is 6.03. The Morgan fingerprint density at radius 2 is 1.92 bits per heavy atom. The summed E-state index contributed by atoms with van der Waals surface area (Å²) in [5, 5.41) is 4.22. The highest BCUT2D eigenvalue weighted by molar-refractivity contribution is 5.49. The van der Waals surface area contributed by atoms with Crippen LogP contribution in [-0.4, -0.2) is 38.9 Å². The predicted molar refractivity (Wildman–Crippen MR) is 95.5 cm³/mol. The van der Waals surface area contributed by atoms with Crippen molar-refractivity contribution in [1.29, 1.82) is 0 Å². The molecule has 0 amide bonds. The Labute approximate surface area is 146 Å². The van der Waals surface area contributed by atoms with Gasteiger partial charge >= 0.3 is 0 Å². The summed E-state index contributed by atoms with van der Waals surface area (Å²) in [6.45, 7) is 3.45. The van der Waals surface area contributed by atoms with Gasteiger partial charge in [-0.25, -0.2) is 4.68 Å². The van der Waals surface area contributed by atoms with Crippen molar-refractivity contribution in [3.8, 4) is 5.82 Å². The van der Waals surface area contributed by atoms with Gasteiger partial charge in [0.05, 0.1) is 19.2 Å². The van der Waals surface area contributed by atoms with Crippen LogP contribution in [0.2, 0.25) is 0 Å². The first-order valence-electron chi connectivity index (χ1n) is 8.28. The number of hydrogen-bond acceptors (Lipinski definition) is 6. The largest absolute Gasteiger partial charge is 0.370 e. The fraction of sp³-hybridized carbons (Fsp3) is 0.278. The Morgan fingerprint density at radius 1 is 1.12 bits per heavy atom. The number of nitrogen functional groups attached to an aromatic ring is 1. The number of ether oxygens (including phenoxy) is 1. The summed E-state index contributed by atoms with van der Waals surface area (Å²) in [6, 6.07) is 14.2. The van der Waals surface area contributed by atoms with Crippen molar-refractivity contribution in [3.63, 3.8) is 0 Å². The fourth-order valence-corrected chi connectivity index (χ4v) is 3.05. The second-order valence-electron chi connectivity index (χ2n) is 6.13. The minimum atomic E-state index is 0.00161. The van der Waals surface area contributed by atoms with E-state index in [0.29, 0.717) is 19.0 Å². The molecule has 2 aromatic heterocycles. The van der Waals surface area contributed by atoms with E-state index in [4.69, 9.17) is 10.5 Å². The van der Waals surface area contributed by atoms with Crippen LogP contribution in [0, 0.1) is 0 Å². The summed E-state index contributed by atoms with van der Waals surface area (Å²) in [5.41, 5.74) is 7.10. The molecule has 1 aliphatic heterocycles. The Hall–Kier alpha value is -2.93. The molecule has 0 spiro atoms. The number of morpholine rings is 1. The van der Waals surface area contributed by atoms with Crippen molar-refractivity contribution in [1.82, 2.24) is 19.7 Å². The predicted octanol–water partition coefficient (Wildman–Crippen LogP) is 2.21. The zero-order chi connectivity index (χ0) is 17.2. The molecule has 1 saturated heterocycles. The standard InChI is InChI=1S/C18H20N6O/c1-13-12-25-15(14-6-3-2-4-7-14)11-23(13)16-10-17(22-18(19)21-16)24-9-5-8-20-24/h2-10,13,15H,11-12H2,1H3,(H2,19,21,22)/t13-,15-/m0/s1. The summed E-state index contributed by atoms with van der Waals surface area (Å²) in [7, 11) is 0. The zero-order valence-corrected chi connectivity index (χ0v) is 14.0. The van der Waals surface area contributed by atoms with E-state index in [1.54, 1.807) is 10.9 Å². The lowest BCUT2D eigenvalue weighted by Gasteiger charge is -2.39. The number of anilines is 2. The van der Waals surface area contributed by atoms with Gasteiger partial charge in [0.25, 0.3) is 0 Å². The molecule has 25 heavy (non-hydrogen) atoms. The number of hydrogen-bond donors (Lipinski definition) is 1. The van der Waals surface area contributed by atoms with Gasteiger partial charge in [-0.1, -0.05) is 30.3 Å². The number of nitrogens with zero attached hydrogens (tertiary/aromatic N) is 5. The van der Waals surface area contributed by atoms with Crippen molar-refractivity contribution in [2.24, 2.45) is 0 Å². The number of benzene rings is 1. The van der Waals surface area contributed by atoms with E-state index >= 15 is 0 Å². The van der Waals surface area contributed by atoms with Crippen molar-refractivity contribution in [3.05, 3.63) is 60.4 Å². The molecule has 7 heteroatoms. The second kappa shape index (κ2) is 6.52. The van der Waals surface area contributed by atoms with Gasteiger partial charge in [0, 0.05) is 18.5 Å². The van der Waals surface area contributed by atoms with Crippen LogP contribution in [0.1, 0.15) is 18.6 Å². The monoisotopic (exact) mass is 336 g/mol. The molecule has 3 heterocycles. The third-order valence-corrected chi connectivity index (χ3v) is 4.35. The maximum absolute atomic E-state index is 6.03. The first-order chi connectivity index (χ1) is 12.2. The molecule has 1 aliphatic rings. The molecule has 0 unspecified atom stereocenters. The third kappa shape index (κ3) is 3.18. The molecule has 3 aromatic rings. The van der Waals surface area contributed by atoms with Crippen LogP contribution in [0.4, 0.5) is 11.8 Å². The van der Waals surface area contributed by atoms with Crippen LogP contribution in [0.25, 0.3) is 5.82 Å². The molecule has 2 atom stereocenters. The van der Waals surface area contributed by atoms with Gasteiger partial charge in [0.2, 0.25) is 5.95 Å². The van der Waals surface area contributed by atoms with Crippen molar-refractivity contribution in [2.75, 3.05) is 23.8 Å². The third-order valence-electron chi connectivity index (χ3n) is 4.35. The second-order valence-corrected chi connectivity index (χ2v) is 6.13.